The van der Waals surface area contributed by atoms with Crippen molar-refractivity contribution >= 4 is 9.52 Å². The van der Waals surface area contributed by atoms with Gasteiger partial charge < -0.3 is 0 Å². The molecular weight excluding hydrogens is 160 g/mol. The zero-order valence-electron chi connectivity index (χ0n) is 8.10. The topological polar surface area (TPSA) is 0 Å². The van der Waals surface area contributed by atoms with Gasteiger partial charge in [0.2, 0.25) is 0 Å². The highest BCUT2D eigenvalue weighted by Gasteiger charge is 2.21. The molecular formula is C11H21Si. The second-order valence-electron chi connectivity index (χ2n) is 4.64. The van der Waals surface area contributed by atoms with Gasteiger partial charge in [0, 0.05) is 9.52 Å². The fraction of sp³-hybridized carbons (Fsp3) is 1.00. The van der Waals surface area contributed by atoms with Crippen molar-refractivity contribution in [3.63, 3.8) is 0 Å². The molecule has 0 N–H and O–H groups in total. The fourth-order valence-electron chi connectivity index (χ4n) is 2.86. The smallest absolute Gasteiger partial charge is 0.0346 e. The number of hydrogen-bond donors (Lipinski definition) is 0. The van der Waals surface area contributed by atoms with Crippen LogP contribution < -0.4 is 0 Å². The van der Waals surface area contributed by atoms with Gasteiger partial charge in [0.1, 0.15) is 0 Å². The lowest BCUT2D eigenvalue weighted by Gasteiger charge is -2.23. The van der Waals surface area contributed by atoms with Gasteiger partial charge in [-0.3, -0.25) is 0 Å². The fourth-order valence-corrected chi connectivity index (χ4v) is 5.34. The van der Waals surface area contributed by atoms with Gasteiger partial charge in [-0.2, -0.15) is 0 Å². The van der Waals surface area contributed by atoms with Crippen molar-refractivity contribution in [3.8, 4) is 0 Å². The number of hydrogen-bond acceptors (Lipinski definition) is 0. The first-order valence-corrected chi connectivity index (χ1v) is 7.13. The maximum absolute atomic E-state index is 1.59. The Bertz CT molecular complexity index is 121. The van der Waals surface area contributed by atoms with Crippen LogP contribution in [0, 0.1) is 0 Å². The molecule has 2 saturated carbocycles. The van der Waals surface area contributed by atoms with E-state index in [4.69, 9.17) is 0 Å². The molecule has 12 heavy (non-hydrogen) atoms. The van der Waals surface area contributed by atoms with E-state index in [1.807, 2.05) is 0 Å². The molecule has 69 valence electrons. The molecule has 2 rings (SSSR count). The normalized spacial score (nSPS) is 28.0. The molecule has 0 heterocycles. The second-order valence-corrected chi connectivity index (χ2v) is 6.91. The highest BCUT2D eigenvalue weighted by Crippen LogP contribution is 2.37. The maximum Gasteiger partial charge on any atom is 0.0346 e. The standard InChI is InChI=1S/C11H21Si/c1-2-6-10(7-3-1)12-11-8-4-5-9-11/h10-12H,1-9H2. The minimum absolute atomic E-state index is 0.839. The molecule has 0 spiro atoms. The van der Waals surface area contributed by atoms with Gasteiger partial charge in [-0.25, -0.2) is 0 Å². The van der Waals surface area contributed by atoms with E-state index in [0.29, 0.717) is 0 Å². The van der Waals surface area contributed by atoms with Crippen LogP contribution in [0.2, 0.25) is 11.1 Å². The summed E-state index contributed by atoms with van der Waals surface area (Å²) in [5.74, 6) is 0. The summed E-state index contributed by atoms with van der Waals surface area (Å²) in [6.07, 6.45) is 14.1. The van der Waals surface area contributed by atoms with E-state index in [2.05, 4.69) is 0 Å². The summed E-state index contributed by atoms with van der Waals surface area (Å²) in [5.41, 5.74) is 2.43. The van der Waals surface area contributed by atoms with Crippen LogP contribution >= 0.6 is 0 Å². The van der Waals surface area contributed by atoms with Crippen LogP contribution in [-0.2, 0) is 0 Å². The Morgan fingerprint density at radius 2 is 1.00 bits per heavy atom. The SMILES string of the molecule is C1CCC([SiH]C2CCCC2)CC1. The van der Waals surface area contributed by atoms with E-state index in [1.165, 1.54) is 17.5 Å². The average molecular weight is 181 g/mol. The quantitative estimate of drug-likeness (QED) is 0.572. The predicted molar refractivity (Wildman–Crippen MR) is 56.2 cm³/mol. The third-order valence-corrected chi connectivity index (χ3v) is 6.02. The van der Waals surface area contributed by atoms with Gasteiger partial charge in [-0.15, -0.1) is 0 Å². The summed E-state index contributed by atoms with van der Waals surface area (Å²) in [6, 6.07) is 0. The van der Waals surface area contributed by atoms with Crippen molar-refractivity contribution in [1.82, 2.24) is 0 Å². The Kier molecular flexibility index (Phi) is 3.26. The van der Waals surface area contributed by atoms with Crippen LogP contribution in [0.4, 0.5) is 0 Å². The Balaban J connectivity index is 1.69. The Labute approximate surface area is 79.0 Å². The molecule has 2 aliphatic carbocycles. The van der Waals surface area contributed by atoms with Gasteiger partial charge in [0.25, 0.3) is 0 Å². The van der Waals surface area contributed by atoms with Gasteiger partial charge in [-0.1, -0.05) is 57.8 Å². The lowest BCUT2D eigenvalue weighted by Crippen LogP contribution is -2.12. The van der Waals surface area contributed by atoms with Gasteiger partial charge >= 0.3 is 0 Å². The summed E-state index contributed by atoms with van der Waals surface area (Å²) in [6.45, 7) is 0. The van der Waals surface area contributed by atoms with E-state index in [9.17, 15) is 0 Å². The molecule has 0 aliphatic heterocycles. The summed E-state index contributed by atoms with van der Waals surface area (Å²) >= 11 is 0. The van der Waals surface area contributed by atoms with Gasteiger partial charge in [0.15, 0.2) is 0 Å². The molecule has 0 amide bonds. The first-order chi connectivity index (χ1) is 5.95. The summed E-state index contributed by atoms with van der Waals surface area (Å²) in [7, 11) is 0.839. The first-order valence-electron chi connectivity index (χ1n) is 5.80. The molecule has 0 unspecified atom stereocenters. The Morgan fingerprint density at radius 1 is 0.583 bits per heavy atom. The van der Waals surface area contributed by atoms with E-state index in [1.54, 1.807) is 51.4 Å². The Hall–Kier alpha value is 0.217. The summed E-state index contributed by atoms with van der Waals surface area (Å²) in [5, 5.41) is 0. The summed E-state index contributed by atoms with van der Waals surface area (Å²) < 4.78 is 0. The van der Waals surface area contributed by atoms with E-state index in [0.717, 1.165) is 9.52 Å². The Morgan fingerprint density at radius 3 is 1.50 bits per heavy atom. The van der Waals surface area contributed by atoms with Crippen molar-refractivity contribution in [1.29, 1.82) is 0 Å². The van der Waals surface area contributed by atoms with Crippen molar-refractivity contribution in [2.24, 2.45) is 0 Å². The van der Waals surface area contributed by atoms with Crippen molar-refractivity contribution in [3.05, 3.63) is 0 Å². The molecule has 0 atom stereocenters. The third-order valence-electron chi connectivity index (χ3n) is 3.59. The monoisotopic (exact) mass is 181 g/mol. The largest absolute Gasteiger partial charge is 0.0533 e. The lowest BCUT2D eigenvalue weighted by atomic mass is 10.0. The van der Waals surface area contributed by atoms with E-state index >= 15 is 0 Å². The molecule has 2 fully saturated rings. The van der Waals surface area contributed by atoms with Crippen molar-refractivity contribution in [2.45, 2.75) is 68.9 Å². The minimum atomic E-state index is 0.839. The molecule has 2 aliphatic rings. The van der Waals surface area contributed by atoms with Crippen molar-refractivity contribution in [2.75, 3.05) is 0 Å². The number of rotatable bonds is 2. The lowest BCUT2D eigenvalue weighted by molar-refractivity contribution is 0.496. The van der Waals surface area contributed by atoms with Crippen molar-refractivity contribution < 1.29 is 0 Å². The highest BCUT2D eigenvalue weighted by molar-refractivity contribution is 6.39. The van der Waals surface area contributed by atoms with E-state index < -0.39 is 0 Å². The van der Waals surface area contributed by atoms with Gasteiger partial charge in [-0.05, 0) is 11.1 Å². The van der Waals surface area contributed by atoms with Crippen LogP contribution in [0.3, 0.4) is 0 Å². The van der Waals surface area contributed by atoms with Crippen LogP contribution in [-0.4, -0.2) is 9.52 Å². The molecule has 1 radical (unpaired) electrons. The van der Waals surface area contributed by atoms with Crippen LogP contribution in [0.15, 0.2) is 0 Å². The van der Waals surface area contributed by atoms with Crippen LogP contribution in [0.1, 0.15) is 57.8 Å². The van der Waals surface area contributed by atoms with Crippen LogP contribution in [0.5, 0.6) is 0 Å². The molecule has 0 aromatic carbocycles. The molecule has 0 aromatic heterocycles. The molecule has 0 aromatic rings. The van der Waals surface area contributed by atoms with Crippen LogP contribution in [0.25, 0.3) is 0 Å². The minimum Gasteiger partial charge on any atom is -0.0533 e. The first kappa shape index (κ1) is 8.80. The zero-order valence-corrected chi connectivity index (χ0v) is 9.25. The second kappa shape index (κ2) is 4.45. The molecule has 1 heteroatoms. The summed E-state index contributed by atoms with van der Waals surface area (Å²) in [4.78, 5) is 0. The maximum atomic E-state index is 1.59. The molecule has 0 nitrogen and oxygen atoms in total. The average Bonchev–Trinajstić information content (AvgIpc) is 2.59. The zero-order chi connectivity index (χ0) is 8.23. The molecule has 0 saturated heterocycles. The highest BCUT2D eigenvalue weighted by atomic mass is 28.2. The third kappa shape index (κ3) is 2.35. The van der Waals surface area contributed by atoms with Gasteiger partial charge in [0.05, 0.1) is 0 Å². The predicted octanol–water partition coefficient (Wildman–Crippen LogP) is 3.54. The molecule has 0 bridgehead atoms. The van der Waals surface area contributed by atoms with E-state index in [-0.39, 0.29) is 0 Å².